The van der Waals surface area contributed by atoms with E-state index in [2.05, 4.69) is 20.9 Å². The van der Waals surface area contributed by atoms with Crippen LogP contribution < -0.4 is 4.90 Å². The molecule has 17 heavy (non-hydrogen) atoms. The van der Waals surface area contributed by atoms with E-state index in [4.69, 9.17) is 0 Å². The van der Waals surface area contributed by atoms with Gasteiger partial charge in [0.25, 0.3) is 0 Å². The highest BCUT2D eigenvalue weighted by Gasteiger charge is 2.27. The number of rotatable bonds is 4. The Kier molecular flexibility index (Phi) is 4.31. The van der Waals surface area contributed by atoms with Crippen LogP contribution in [0, 0.1) is 11.6 Å². The first kappa shape index (κ1) is 12.7. The minimum atomic E-state index is -0.623. The van der Waals surface area contributed by atoms with Gasteiger partial charge in [-0.25, -0.2) is 13.8 Å². The largest absolute Gasteiger partial charge is 0.351 e. The molecule has 0 spiro atoms. The minimum Gasteiger partial charge on any atom is -0.351 e. The van der Waals surface area contributed by atoms with Crippen LogP contribution in [0.3, 0.4) is 0 Å². The monoisotopic (exact) mass is 304 g/mol. The fourth-order valence-electron chi connectivity index (χ4n) is 2.35. The molecule has 0 saturated carbocycles. The Morgan fingerprint density at radius 1 is 1.47 bits per heavy atom. The predicted molar refractivity (Wildman–Crippen MR) is 67.5 cm³/mol. The van der Waals surface area contributed by atoms with E-state index in [0.29, 0.717) is 11.9 Å². The fourth-order valence-corrected chi connectivity index (χ4v) is 2.67. The number of hydrogen-bond donors (Lipinski definition) is 0. The lowest BCUT2D eigenvalue weighted by molar-refractivity contribution is 0.550. The van der Waals surface area contributed by atoms with Crippen LogP contribution in [0.15, 0.2) is 12.3 Å². The third-order valence-corrected chi connectivity index (χ3v) is 3.67. The number of anilines is 1. The molecule has 1 fully saturated rings. The molecule has 2 rings (SSSR count). The van der Waals surface area contributed by atoms with Gasteiger partial charge in [-0.2, -0.15) is 0 Å². The summed E-state index contributed by atoms with van der Waals surface area (Å²) in [6.45, 7) is 0.808. The molecular weight excluding hydrogens is 290 g/mol. The van der Waals surface area contributed by atoms with E-state index in [1.165, 1.54) is 0 Å². The zero-order valence-electron chi connectivity index (χ0n) is 9.50. The average molecular weight is 305 g/mol. The predicted octanol–water partition coefficient (Wildman–Crippen LogP) is 3.50. The molecule has 0 radical (unpaired) electrons. The Morgan fingerprint density at radius 3 is 3.00 bits per heavy atom. The molecule has 1 aromatic rings. The average Bonchev–Trinajstić information content (AvgIpc) is 2.74. The third kappa shape index (κ3) is 2.94. The van der Waals surface area contributed by atoms with Crippen molar-refractivity contribution in [2.24, 2.45) is 0 Å². The number of alkyl halides is 1. The van der Waals surface area contributed by atoms with Gasteiger partial charge in [0.2, 0.25) is 0 Å². The summed E-state index contributed by atoms with van der Waals surface area (Å²) in [6.07, 6.45) is 5.27. The molecule has 0 bridgehead atoms. The lowest BCUT2D eigenvalue weighted by atomic mass is 10.1. The number of halogens is 3. The van der Waals surface area contributed by atoms with Crippen LogP contribution in [0.4, 0.5) is 14.6 Å². The second-order valence-electron chi connectivity index (χ2n) is 4.28. The summed E-state index contributed by atoms with van der Waals surface area (Å²) in [5.41, 5.74) is 0. The Hall–Kier alpha value is -0.710. The van der Waals surface area contributed by atoms with Crippen LogP contribution in [0.2, 0.25) is 0 Å². The summed E-state index contributed by atoms with van der Waals surface area (Å²) >= 11 is 3.40. The molecule has 0 N–H and O–H groups in total. The molecule has 1 atom stereocenters. The maximum Gasteiger partial charge on any atom is 0.168 e. The van der Waals surface area contributed by atoms with Crippen LogP contribution in [0.25, 0.3) is 0 Å². The van der Waals surface area contributed by atoms with E-state index in [-0.39, 0.29) is 0 Å². The van der Waals surface area contributed by atoms with Crippen LogP contribution >= 0.6 is 15.9 Å². The van der Waals surface area contributed by atoms with Gasteiger partial charge in [-0.15, -0.1) is 0 Å². The molecule has 2 nitrogen and oxygen atoms in total. The van der Waals surface area contributed by atoms with Crippen LogP contribution in [0.5, 0.6) is 0 Å². The van der Waals surface area contributed by atoms with Gasteiger partial charge in [-0.05, 0) is 25.7 Å². The highest BCUT2D eigenvalue weighted by molar-refractivity contribution is 9.09. The van der Waals surface area contributed by atoms with Crippen molar-refractivity contribution in [2.75, 3.05) is 16.8 Å². The normalized spacial score (nSPS) is 19.9. The van der Waals surface area contributed by atoms with Gasteiger partial charge in [0.05, 0.1) is 6.20 Å². The second-order valence-corrected chi connectivity index (χ2v) is 5.07. The van der Waals surface area contributed by atoms with E-state index < -0.39 is 11.6 Å². The highest BCUT2D eigenvalue weighted by atomic mass is 79.9. The van der Waals surface area contributed by atoms with Crippen molar-refractivity contribution in [3.8, 4) is 0 Å². The lowest BCUT2D eigenvalue weighted by Crippen LogP contribution is -2.30. The van der Waals surface area contributed by atoms with Gasteiger partial charge in [0.1, 0.15) is 5.82 Å². The number of hydrogen-bond acceptors (Lipinski definition) is 2. The van der Waals surface area contributed by atoms with Crippen molar-refractivity contribution in [2.45, 2.75) is 31.7 Å². The van der Waals surface area contributed by atoms with E-state index in [0.717, 1.165) is 49.8 Å². The fraction of sp³-hybridized carbons (Fsp3) is 0.583. The molecule has 0 aliphatic carbocycles. The summed E-state index contributed by atoms with van der Waals surface area (Å²) in [5.74, 6) is -0.887. The van der Waals surface area contributed by atoms with Gasteiger partial charge >= 0.3 is 0 Å². The molecule has 0 amide bonds. The molecule has 5 heteroatoms. The first-order valence-corrected chi connectivity index (χ1v) is 6.98. The van der Waals surface area contributed by atoms with Crippen LogP contribution in [0.1, 0.15) is 25.7 Å². The molecule has 1 aromatic heterocycles. The Bertz CT molecular complexity index is 387. The maximum absolute atomic E-state index is 13.6. The molecule has 0 aromatic carbocycles. The topological polar surface area (TPSA) is 16.1 Å². The van der Waals surface area contributed by atoms with Gasteiger partial charge in [-0.3, -0.25) is 0 Å². The van der Waals surface area contributed by atoms with Crippen molar-refractivity contribution in [1.29, 1.82) is 0 Å². The lowest BCUT2D eigenvalue weighted by Gasteiger charge is -2.25. The number of aromatic nitrogens is 1. The minimum absolute atomic E-state index is 0.295. The second kappa shape index (κ2) is 5.76. The van der Waals surface area contributed by atoms with Crippen LogP contribution in [-0.2, 0) is 0 Å². The summed E-state index contributed by atoms with van der Waals surface area (Å²) in [6, 6.07) is 1.24. The van der Waals surface area contributed by atoms with Gasteiger partial charge in [0.15, 0.2) is 11.6 Å². The van der Waals surface area contributed by atoms with Crippen molar-refractivity contribution in [3.05, 3.63) is 23.9 Å². The Balaban J connectivity index is 2.14. The zero-order chi connectivity index (χ0) is 12.3. The van der Waals surface area contributed by atoms with E-state index >= 15 is 0 Å². The summed E-state index contributed by atoms with van der Waals surface area (Å²) in [5, 5.41) is 0.955. The maximum atomic E-state index is 13.6. The summed E-state index contributed by atoms with van der Waals surface area (Å²) in [4.78, 5) is 5.85. The van der Waals surface area contributed by atoms with Crippen molar-refractivity contribution in [3.63, 3.8) is 0 Å². The van der Waals surface area contributed by atoms with Crippen molar-refractivity contribution >= 4 is 21.7 Å². The van der Waals surface area contributed by atoms with Gasteiger partial charge in [0, 0.05) is 24.0 Å². The standard InChI is InChI=1S/C12H15BrF2N2/c13-5-1-3-10-4-2-6-17(10)12-11(15)7-9(14)8-16-12/h7-8,10H,1-6H2. The number of nitrogens with zero attached hydrogens (tertiary/aromatic N) is 2. The molecule has 1 unspecified atom stereocenters. The zero-order valence-corrected chi connectivity index (χ0v) is 11.1. The van der Waals surface area contributed by atoms with E-state index in [1.807, 2.05) is 4.90 Å². The van der Waals surface area contributed by atoms with Crippen molar-refractivity contribution < 1.29 is 8.78 Å². The molecular formula is C12H15BrF2N2. The summed E-state index contributed by atoms with van der Waals surface area (Å²) in [7, 11) is 0. The molecule has 2 heterocycles. The SMILES string of the molecule is Fc1cnc(N2CCCC2CCCBr)c(F)c1. The van der Waals surface area contributed by atoms with Crippen LogP contribution in [-0.4, -0.2) is 22.9 Å². The Morgan fingerprint density at radius 2 is 2.29 bits per heavy atom. The Labute approximate surface area is 108 Å². The van der Waals surface area contributed by atoms with E-state index in [9.17, 15) is 8.78 Å². The first-order valence-electron chi connectivity index (χ1n) is 5.86. The molecule has 94 valence electrons. The first-order chi connectivity index (χ1) is 8.22. The van der Waals surface area contributed by atoms with E-state index in [1.54, 1.807) is 0 Å². The quantitative estimate of drug-likeness (QED) is 0.792. The van der Waals surface area contributed by atoms with Gasteiger partial charge in [-0.1, -0.05) is 15.9 Å². The molecule has 1 saturated heterocycles. The van der Waals surface area contributed by atoms with Crippen molar-refractivity contribution in [1.82, 2.24) is 4.98 Å². The molecule has 1 aliphatic rings. The number of pyridine rings is 1. The summed E-state index contributed by atoms with van der Waals surface area (Å²) < 4.78 is 26.5. The van der Waals surface area contributed by atoms with Gasteiger partial charge < -0.3 is 4.90 Å². The smallest absolute Gasteiger partial charge is 0.168 e. The highest BCUT2D eigenvalue weighted by Crippen LogP contribution is 2.28. The third-order valence-electron chi connectivity index (χ3n) is 3.11. The molecule has 1 aliphatic heterocycles.